The van der Waals surface area contributed by atoms with Gasteiger partial charge >= 0.3 is 6.18 Å². The van der Waals surface area contributed by atoms with Crippen LogP contribution in [0.1, 0.15) is 40.7 Å². The maximum Gasteiger partial charge on any atom is 0.416 e. The quantitative estimate of drug-likeness (QED) is 0.706. The molecule has 1 saturated heterocycles. The van der Waals surface area contributed by atoms with E-state index in [0.29, 0.717) is 5.69 Å². The molecule has 0 aliphatic carbocycles. The number of alkyl halides is 3. The molecule has 1 aliphatic rings. The predicted molar refractivity (Wildman–Crippen MR) is 110 cm³/mol. The topological polar surface area (TPSA) is 75.4 Å². The molecule has 0 atom stereocenters. The second-order valence-corrected chi connectivity index (χ2v) is 7.09. The van der Waals surface area contributed by atoms with Gasteiger partial charge in [-0.05, 0) is 61.2 Å². The highest BCUT2D eigenvalue weighted by Gasteiger charge is 2.30. The molecular weight excluding hydrogens is 395 g/mol. The number of nitrogens with one attached hydrogen (secondary N) is 1. The molecule has 0 aromatic heterocycles. The summed E-state index contributed by atoms with van der Waals surface area (Å²) in [5.41, 5.74) is 6.29. The van der Waals surface area contributed by atoms with E-state index in [1.165, 1.54) is 24.3 Å². The van der Waals surface area contributed by atoms with Gasteiger partial charge in [-0.3, -0.25) is 9.59 Å². The Morgan fingerprint density at radius 1 is 1.03 bits per heavy atom. The van der Waals surface area contributed by atoms with Crippen LogP contribution in [0.2, 0.25) is 0 Å². The number of carbonyl (C=O) groups excluding carboxylic acids is 2. The molecule has 2 amide bonds. The summed E-state index contributed by atoms with van der Waals surface area (Å²) < 4.78 is 38.5. The van der Waals surface area contributed by atoms with E-state index < -0.39 is 23.6 Å². The summed E-state index contributed by atoms with van der Waals surface area (Å²) in [4.78, 5) is 26.1. The number of carbonyl (C=O) groups is 2. The lowest BCUT2D eigenvalue weighted by Crippen LogP contribution is -2.30. The number of hydrogen-bond acceptors (Lipinski definition) is 3. The zero-order valence-electron chi connectivity index (χ0n) is 16.2. The average Bonchev–Trinajstić information content (AvgIpc) is 2.72. The Balaban J connectivity index is 1.80. The largest absolute Gasteiger partial charge is 0.416 e. The molecular formula is C22H22F3N3O2. The van der Waals surface area contributed by atoms with Crippen LogP contribution in [0.5, 0.6) is 0 Å². The van der Waals surface area contributed by atoms with Crippen molar-refractivity contribution in [3.05, 3.63) is 65.2 Å². The number of hydrogen-bond donors (Lipinski definition) is 2. The fourth-order valence-corrected chi connectivity index (χ4v) is 3.36. The molecule has 0 saturated carbocycles. The molecule has 1 aliphatic heterocycles. The highest BCUT2D eigenvalue weighted by atomic mass is 19.4. The molecule has 8 heteroatoms. The minimum absolute atomic E-state index is 0.252. The summed E-state index contributed by atoms with van der Waals surface area (Å²) >= 11 is 0. The van der Waals surface area contributed by atoms with Crippen molar-refractivity contribution in [2.75, 3.05) is 23.3 Å². The first-order valence-electron chi connectivity index (χ1n) is 9.59. The van der Waals surface area contributed by atoms with Crippen LogP contribution in [0.15, 0.2) is 48.5 Å². The normalized spacial score (nSPS) is 14.7. The Hall–Kier alpha value is -3.29. The summed E-state index contributed by atoms with van der Waals surface area (Å²) in [5.74, 6) is -1.14. The summed E-state index contributed by atoms with van der Waals surface area (Å²) in [6.45, 7) is 1.66. The molecule has 2 aromatic carbocycles. The van der Waals surface area contributed by atoms with Gasteiger partial charge in [-0.1, -0.05) is 12.1 Å². The summed E-state index contributed by atoms with van der Waals surface area (Å²) in [6.07, 6.45) is 1.21. The third kappa shape index (κ3) is 5.40. The molecule has 3 rings (SSSR count). The minimum Gasteiger partial charge on any atom is -0.370 e. The molecule has 0 spiro atoms. The van der Waals surface area contributed by atoms with Crippen LogP contribution in [-0.4, -0.2) is 24.9 Å². The second-order valence-electron chi connectivity index (χ2n) is 7.09. The third-order valence-corrected chi connectivity index (χ3v) is 4.88. The number of amides is 2. The predicted octanol–water partition coefficient (Wildman–Crippen LogP) is 4.45. The Bertz CT molecular complexity index is 964. The van der Waals surface area contributed by atoms with Gasteiger partial charge in [0.1, 0.15) is 0 Å². The van der Waals surface area contributed by atoms with E-state index in [-0.39, 0.29) is 11.1 Å². The fraction of sp³-hybridized carbons (Fsp3) is 0.273. The van der Waals surface area contributed by atoms with Gasteiger partial charge in [0.25, 0.3) is 0 Å². The highest BCUT2D eigenvalue weighted by molar-refractivity contribution is 6.05. The SMILES string of the molecule is NC(=O)c1ccc(N2CCCCC2)c(NC(=O)C=Cc2cccc(C(F)(F)F)c2)c1. The maximum absolute atomic E-state index is 12.8. The van der Waals surface area contributed by atoms with E-state index >= 15 is 0 Å². The maximum atomic E-state index is 12.8. The molecule has 0 radical (unpaired) electrons. The minimum atomic E-state index is -4.45. The number of anilines is 2. The summed E-state index contributed by atoms with van der Waals surface area (Å²) in [5, 5.41) is 2.72. The van der Waals surface area contributed by atoms with Gasteiger partial charge in [0.2, 0.25) is 11.8 Å². The smallest absolute Gasteiger partial charge is 0.370 e. The number of primary amides is 1. The lowest BCUT2D eigenvalue weighted by atomic mass is 10.1. The first-order valence-corrected chi connectivity index (χ1v) is 9.59. The first kappa shape index (κ1) is 21.4. The third-order valence-electron chi connectivity index (χ3n) is 4.88. The molecule has 1 fully saturated rings. The van der Waals surface area contributed by atoms with Gasteiger partial charge in [0.05, 0.1) is 16.9 Å². The van der Waals surface area contributed by atoms with Crippen LogP contribution < -0.4 is 16.0 Å². The lowest BCUT2D eigenvalue weighted by Gasteiger charge is -2.30. The van der Waals surface area contributed by atoms with Crippen molar-refractivity contribution < 1.29 is 22.8 Å². The standard InChI is InChI=1S/C22H22F3N3O2/c23-22(24,25)17-6-4-5-15(13-17)7-10-20(29)27-18-14-16(21(26)30)8-9-19(18)28-11-2-1-3-12-28/h4-10,13-14H,1-3,11-12H2,(H2,26,30)(H,27,29). The number of benzene rings is 2. The van der Waals surface area contributed by atoms with Crippen LogP contribution in [-0.2, 0) is 11.0 Å². The van der Waals surface area contributed by atoms with E-state index in [1.54, 1.807) is 12.1 Å². The number of nitrogens with two attached hydrogens (primary N) is 1. The van der Waals surface area contributed by atoms with Crippen molar-refractivity contribution in [1.29, 1.82) is 0 Å². The molecule has 0 unspecified atom stereocenters. The lowest BCUT2D eigenvalue weighted by molar-refractivity contribution is -0.137. The van der Waals surface area contributed by atoms with Crippen molar-refractivity contribution in [2.24, 2.45) is 5.73 Å². The molecule has 30 heavy (non-hydrogen) atoms. The van der Waals surface area contributed by atoms with E-state index in [9.17, 15) is 22.8 Å². The average molecular weight is 417 g/mol. The van der Waals surface area contributed by atoms with Crippen LogP contribution in [0.3, 0.4) is 0 Å². The Morgan fingerprint density at radius 3 is 2.43 bits per heavy atom. The molecule has 2 aromatic rings. The van der Waals surface area contributed by atoms with Gasteiger partial charge in [0, 0.05) is 24.7 Å². The monoisotopic (exact) mass is 417 g/mol. The van der Waals surface area contributed by atoms with Gasteiger partial charge in [0.15, 0.2) is 0 Å². The van der Waals surface area contributed by atoms with Crippen molar-refractivity contribution in [2.45, 2.75) is 25.4 Å². The zero-order chi connectivity index (χ0) is 21.7. The summed E-state index contributed by atoms with van der Waals surface area (Å²) in [6, 6.07) is 9.58. The van der Waals surface area contributed by atoms with Crippen LogP contribution in [0, 0.1) is 0 Å². The fourth-order valence-electron chi connectivity index (χ4n) is 3.36. The van der Waals surface area contributed by atoms with Crippen LogP contribution >= 0.6 is 0 Å². The molecule has 1 heterocycles. The van der Waals surface area contributed by atoms with E-state index in [2.05, 4.69) is 10.2 Å². The molecule has 5 nitrogen and oxygen atoms in total. The number of halogens is 3. The van der Waals surface area contributed by atoms with E-state index in [1.807, 2.05) is 0 Å². The molecule has 0 bridgehead atoms. The second kappa shape index (κ2) is 9.02. The van der Waals surface area contributed by atoms with Gasteiger partial charge in [-0.2, -0.15) is 13.2 Å². The number of rotatable bonds is 5. The van der Waals surface area contributed by atoms with E-state index in [0.717, 1.165) is 56.2 Å². The van der Waals surface area contributed by atoms with Crippen LogP contribution in [0.4, 0.5) is 24.5 Å². The Labute approximate surface area is 172 Å². The summed E-state index contributed by atoms with van der Waals surface area (Å²) in [7, 11) is 0. The van der Waals surface area contributed by atoms with Crippen LogP contribution in [0.25, 0.3) is 6.08 Å². The number of piperidine rings is 1. The van der Waals surface area contributed by atoms with Gasteiger partial charge in [-0.25, -0.2) is 0 Å². The van der Waals surface area contributed by atoms with Crippen molar-refractivity contribution in [1.82, 2.24) is 0 Å². The van der Waals surface area contributed by atoms with Gasteiger partial charge < -0.3 is 16.0 Å². The van der Waals surface area contributed by atoms with Crippen molar-refractivity contribution in [3.63, 3.8) is 0 Å². The zero-order valence-corrected chi connectivity index (χ0v) is 16.2. The van der Waals surface area contributed by atoms with Crippen molar-refractivity contribution in [3.8, 4) is 0 Å². The van der Waals surface area contributed by atoms with Gasteiger partial charge in [-0.15, -0.1) is 0 Å². The van der Waals surface area contributed by atoms with E-state index in [4.69, 9.17) is 5.73 Å². The van der Waals surface area contributed by atoms with Crippen molar-refractivity contribution >= 4 is 29.3 Å². The number of nitrogens with zero attached hydrogens (tertiary/aromatic N) is 1. The molecule has 3 N–H and O–H groups in total. The highest BCUT2D eigenvalue weighted by Crippen LogP contribution is 2.31. The Morgan fingerprint density at radius 2 is 1.77 bits per heavy atom. The first-order chi connectivity index (χ1) is 14.2. The molecule has 158 valence electrons. The Kier molecular flexibility index (Phi) is 6.44.